The van der Waals surface area contributed by atoms with Gasteiger partial charge in [-0.3, -0.25) is 0 Å². The van der Waals surface area contributed by atoms with Crippen molar-refractivity contribution >= 4 is 0 Å². The van der Waals surface area contributed by atoms with Gasteiger partial charge in [-0.2, -0.15) is 0 Å². The second-order valence-electron chi connectivity index (χ2n) is 6.50. The summed E-state index contributed by atoms with van der Waals surface area (Å²) >= 11 is 0. The normalized spacial score (nSPS) is 13.6. The number of rotatable bonds is 6. The summed E-state index contributed by atoms with van der Waals surface area (Å²) < 4.78 is 0. The Morgan fingerprint density at radius 1 is 0.889 bits per heavy atom. The van der Waals surface area contributed by atoms with E-state index in [2.05, 4.69) is 58.9 Å². The minimum atomic E-state index is 0.266. The minimum absolute atomic E-state index is 0.266. The molecule has 18 heavy (non-hydrogen) atoms. The molecule has 0 aromatic heterocycles. The minimum Gasteiger partial charge on any atom is -0.0654 e. The highest BCUT2D eigenvalue weighted by Crippen LogP contribution is 2.29. The van der Waals surface area contributed by atoms with Crippen molar-refractivity contribution < 1.29 is 0 Å². The molecule has 102 valence electrons. The van der Waals surface area contributed by atoms with Crippen LogP contribution in [0.3, 0.4) is 0 Å². The number of benzene rings is 1. The van der Waals surface area contributed by atoms with Crippen molar-refractivity contribution in [1.29, 1.82) is 0 Å². The Morgan fingerprint density at radius 3 is 1.94 bits per heavy atom. The van der Waals surface area contributed by atoms with Gasteiger partial charge in [-0.05, 0) is 35.3 Å². The van der Waals surface area contributed by atoms with Gasteiger partial charge in [0.15, 0.2) is 0 Å². The molecule has 1 aromatic rings. The lowest BCUT2D eigenvalue weighted by Crippen LogP contribution is -2.11. The van der Waals surface area contributed by atoms with Crippen molar-refractivity contribution in [2.24, 2.45) is 0 Å². The first-order valence-electron chi connectivity index (χ1n) is 7.59. The van der Waals surface area contributed by atoms with E-state index < -0.39 is 0 Å². The van der Waals surface area contributed by atoms with Crippen molar-refractivity contribution in [1.82, 2.24) is 0 Å². The summed E-state index contributed by atoms with van der Waals surface area (Å²) in [5, 5.41) is 0. The van der Waals surface area contributed by atoms with Crippen LogP contribution in [-0.4, -0.2) is 0 Å². The van der Waals surface area contributed by atoms with Crippen LogP contribution in [0.25, 0.3) is 0 Å². The van der Waals surface area contributed by atoms with E-state index in [1.165, 1.54) is 37.7 Å². The molecule has 0 N–H and O–H groups in total. The Bertz CT molecular complexity index is 326. The van der Waals surface area contributed by atoms with E-state index in [4.69, 9.17) is 0 Å². The molecular weight excluding hydrogens is 216 g/mol. The van der Waals surface area contributed by atoms with Crippen molar-refractivity contribution in [3.63, 3.8) is 0 Å². The number of unbranched alkanes of at least 4 members (excludes halogenated alkanes) is 1. The van der Waals surface area contributed by atoms with Crippen LogP contribution < -0.4 is 0 Å². The van der Waals surface area contributed by atoms with Crippen molar-refractivity contribution in [2.75, 3.05) is 0 Å². The smallest absolute Gasteiger partial charge is 0.0132 e. The first-order valence-corrected chi connectivity index (χ1v) is 7.59. The number of hydrogen-bond donors (Lipinski definition) is 0. The molecule has 1 rings (SSSR count). The van der Waals surface area contributed by atoms with Gasteiger partial charge in [0.05, 0.1) is 0 Å². The lowest BCUT2D eigenvalue weighted by Gasteiger charge is -2.21. The van der Waals surface area contributed by atoms with Crippen LogP contribution >= 0.6 is 0 Å². The Morgan fingerprint density at radius 2 is 1.50 bits per heavy atom. The molecule has 0 fully saturated rings. The maximum Gasteiger partial charge on any atom is -0.0132 e. The fourth-order valence-corrected chi connectivity index (χ4v) is 2.53. The van der Waals surface area contributed by atoms with E-state index in [1.807, 2.05) is 0 Å². The molecule has 0 aliphatic rings. The highest BCUT2D eigenvalue weighted by molar-refractivity contribution is 5.29. The van der Waals surface area contributed by atoms with Crippen LogP contribution in [-0.2, 0) is 5.41 Å². The second kappa shape index (κ2) is 6.97. The summed E-state index contributed by atoms with van der Waals surface area (Å²) in [6.07, 6.45) is 6.62. The van der Waals surface area contributed by atoms with E-state index in [1.54, 1.807) is 5.56 Å². The zero-order valence-electron chi connectivity index (χ0n) is 12.9. The summed E-state index contributed by atoms with van der Waals surface area (Å²) in [7, 11) is 0. The second-order valence-corrected chi connectivity index (χ2v) is 6.50. The van der Waals surface area contributed by atoms with E-state index >= 15 is 0 Å². The standard InChI is InChI=1S/C18H30/c1-6-8-10-15(9-7-2)16-11-13-17(14-12-16)18(3,4)5/h11-15H,6-10H2,1-5H3. The van der Waals surface area contributed by atoms with Gasteiger partial charge in [0.2, 0.25) is 0 Å². The molecule has 0 amide bonds. The molecular formula is C18H30. The molecule has 0 bridgehead atoms. The molecule has 1 unspecified atom stereocenters. The quantitative estimate of drug-likeness (QED) is 0.572. The van der Waals surface area contributed by atoms with Gasteiger partial charge in [0, 0.05) is 0 Å². The fourth-order valence-electron chi connectivity index (χ4n) is 2.53. The molecule has 0 spiro atoms. The summed E-state index contributed by atoms with van der Waals surface area (Å²) in [5.74, 6) is 0.768. The summed E-state index contributed by atoms with van der Waals surface area (Å²) in [5.41, 5.74) is 3.25. The average molecular weight is 246 g/mol. The Balaban J connectivity index is 2.79. The van der Waals surface area contributed by atoms with Gasteiger partial charge in [-0.1, -0.05) is 78.1 Å². The highest BCUT2D eigenvalue weighted by atomic mass is 14.2. The van der Waals surface area contributed by atoms with Crippen LogP contribution in [0.4, 0.5) is 0 Å². The molecule has 0 heterocycles. The van der Waals surface area contributed by atoms with Gasteiger partial charge < -0.3 is 0 Å². The monoisotopic (exact) mass is 246 g/mol. The third-order valence-electron chi connectivity index (χ3n) is 3.79. The van der Waals surface area contributed by atoms with E-state index in [9.17, 15) is 0 Å². The maximum atomic E-state index is 2.36. The van der Waals surface area contributed by atoms with Crippen molar-refractivity contribution in [2.45, 2.75) is 78.1 Å². The molecule has 0 saturated carbocycles. The molecule has 0 aliphatic heterocycles. The van der Waals surface area contributed by atoms with Gasteiger partial charge in [0.25, 0.3) is 0 Å². The van der Waals surface area contributed by atoms with Crippen LogP contribution in [0, 0.1) is 0 Å². The van der Waals surface area contributed by atoms with Gasteiger partial charge >= 0.3 is 0 Å². The molecule has 0 nitrogen and oxygen atoms in total. The van der Waals surface area contributed by atoms with Gasteiger partial charge in [-0.15, -0.1) is 0 Å². The molecule has 0 radical (unpaired) electrons. The lowest BCUT2D eigenvalue weighted by molar-refractivity contribution is 0.539. The summed E-state index contributed by atoms with van der Waals surface area (Å²) in [6.45, 7) is 11.4. The molecule has 0 saturated heterocycles. The van der Waals surface area contributed by atoms with Crippen LogP contribution in [0.2, 0.25) is 0 Å². The van der Waals surface area contributed by atoms with Crippen LogP contribution in [0.5, 0.6) is 0 Å². The molecule has 1 aromatic carbocycles. The maximum absolute atomic E-state index is 2.36. The highest BCUT2D eigenvalue weighted by Gasteiger charge is 2.15. The number of hydrogen-bond acceptors (Lipinski definition) is 0. The molecule has 1 atom stereocenters. The predicted molar refractivity (Wildman–Crippen MR) is 82.3 cm³/mol. The molecule has 0 heteroatoms. The Labute approximate surface area is 114 Å². The van der Waals surface area contributed by atoms with Crippen LogP contribution in [0.15, 0.2) is 24.3 Å². The SMILES string of the molecule is CCCCC(CCC)c1ccc(C(C)(C)C)cc1. The van der Waals surface area contributed by atoms with E-state index in [0.717, 1.165) is 5.92 Å². The van der Waals surface area contributed by atoms with Crippen molar-refractivity contribution in [3.8, 4) is 0 Å². The zero-order chi connectivity index (χ0) is 13.6. The zero-order valence-corrected chi connectivity index (χ0v) is 12.9. The first kappa shape index (κ1) is 15.3. The Hall–Kier alpha value is -0.780. The third kappa shape index (κ3) is 4.48. The predicted octanol–water partition coefficient (Wildman–Crippen LogP) is 6.06. The first-order chi connectivity index (χ1) is 8.49. The summed E-state index contributed by atoms with van der Waals surface area (Å²) in [4.78, 5) is 0. The Kier molecular flexibility index (Phi) is 5.91. The lowest BCUT2D eigenvalue weighted by atomic mass is 9.84. The van der Waals surface area contributed by atoms with Crippen LogP contribution in [0.1, 0.15) is 83.8 Å². The van der Waals surface area contributed by atoms with E-state index in [0.29, 0.717) is 0 Å². The van der Waals surface area contributed by atoms with Gasteiger partial charge in [-0.25, -0.2) is 0 Å². The largest absolute Gasteiger partial charge is 0.0654 e. The van der Waals surface area contributed by atoms with Gasteiger partial charge in [0.1, 0.15) is 0 Å². The third-order valence-corrected chi connectivity index (χ3v) is 3.79. The average Bonchev–Trinajstić information content (AvgIpc) is 2.33. The summed E-state index contributed by atoms with van der Waals surface area (Å²) in [6, 6.07) is 9.36. The topological polar surface area (TPSA) is 0 Å². The fraction of sp³-hybridized carbons (Fsp3) is 0.667. The van der Waals surface area contributed by atoms with E-state index in [-0.39, 0.29) is 5.41 Å². The molecule has 0 aliphatic carbocycles. The van der Waals surface area contributed by atoms with Crippen molar-refractivity contribution in [3.05, 3.63) is 35.4 Å².